The summed E-state index contributed by atoms with van der Waals surface area (Å²) >= 11 is 0. The van der Waals surface area contributed by atoms with Crippen molar-refractivity contribution in [2.75, 3.05) is 19.8 Å². The van der Waals surface area contributed by atoms with E-state index in [9.17, 15) is 18.3 Å². The Hall–Kier alpha value is -1.48. The van der Waals surface area contributed by atoms with Gasteiger partial charge >= 0.3 is 0 Å². The number of amides is 1. The van der Waals surface area contributed by atoms with Crippen molar-refractivity contribution >= 4 is 15.9 Å². The molecule has 8 heteroatoms. The van der Waals surface area contributed by atoms with Crippen molar-refractivity contribution in [2.24, 2.45) is 5.73 Å². The van der Waals surface area contributed by atoms with Crippen LogP contribution in [0.1, 0.15) is 23.2 Å². The lowest BCUT2D eigenvalue weighted by Crippen LogP contribution is -2.54. The van der Waals surface area contributed by atoms with Crippen LogP contribution < -0.4 is 10.5 Å². The number of rotatable bonds is 5. The molecule has 1 aliphatic rings. The van der Waals surface area contributed by atoms with E-state index in [1.807, 2.05) is 0 Å². The first-order valence-electron chi connectivity index (χ1n) is 6.51. The lowest BCUT2D eigenvalue weighted by atomic mass is 9.93. The molecule has 1 fully saturated rings. The number of nitrogens with two attached hydrogens (primary N) is 1. The fraction of sp³-hybridized carbons (Fsp3) is 0.462. The molecule has 0 unspecified atom stereocenters. The number of aliphatic hydroxyl groups excluding tert-OH is 1. The fourth-order valence-corrected chi connectivity index (χ4v) is 3.65. The standard InChI is InChI=1S/C13H18N2O5S/c14-12(17)10-1-3-11(4-2-10)21(18,19)15-13(9-16)5-7-20-8-6-13/h1-4,15-16H,5-9H2,(H2,14,17). The van der Waals surface area contributed by atoms with Gasteiger partial charge in [0.2, 0.25) is 15.9 Å². The van der Waals surface area contributed by atoms with E-state index in [1.165, 1.54) is 24.3 Å². The van der Waals surface area contributed by atoms with E-state index in [0.29, 0.717) is 26.1 Å². The maximum absolute atomic E-state index is 12.4. The molecular formula is C13H18N2O5S. The molecule has 21 heavy (non-hydrogen) atoms. The number of hydrogen-bond donors (Lipinski definition) is 3. The highest BCUT2D eigenvalue weighted by Crippen LogP contribution is 2.23. The summed E-state index contributed by atoms with van der Waals surface area (Å²) in [7, 11) is -3.79. The summed E-state index contributed by atoms with van der Waals surface area (Å²) in [5.41, 5.74) is 4.44. The van der Waals surface area contributed by atoms with Gasteiger partial charge in [-0.05, 0) is 37.1 Å². The number of primary amides is 1. The van der Waals surface area contributed by atoms with Gasteiger partial charge in [-0.2, -0.15) is 0 Å². The second kappa shape index (κ2) is 6.10. The second-order valence-corrected chi connectivity index (χ2v) is 6.73. The molecular weight excluding hydrogens is 296 g/mol. The Morgan fingerprint density at radius 1 is 1.29 bits per heavy atom. The highest BCUT2D eigenvalue weighted by Gasteiger charge is 2.36. The monoisotopic (exact) mass is 314 g/mol. The zero-order valence-corrected chi connectivity index (χ0v) is 12.2. The average Bonchev–Trinajstić information content (AvgIpc) is 2.48. The fourth-order valence-electron chi connectivity index (χ4n) is 2.20. The Balaban J connectivity index is 2.22. The second-order valence-electron chi connectivity index (χ2n) is 5.04. The summed E-state index contributed by atoms with van der Waals surface area (Å²) in [5.74, 6) is -0.622. The molecule has 0 aromatic heterocycles. The quantitative estimate of drug-likeness (QED) is 0.683. The van der Waals surface area contributed by atoms with Crippen molar-refractivity contribution < 1.29 is 23.1 Å². The lowest BCUT2D eigenvalue weighted by Gasteiger charge is -2.35. The minimum absolute atomic E-state index is 0.0202. The SMILES string of the molecule is NC(=O)c1ccc(S(=O)(=O)NC2(CO)CCOCC2)cc1. The van der Waals surface area contributed by atoms with Gasteiger partial charge in [0.1, 0.15) is 0 Å². The predicted molar refractivity (Wildman–Crippen MR) is 75.2 cm³/mol. The number of benzene rings is 1. The maximum Gasteiger partial charge on any atom is 0.248 e. The van der Waals surface area contributed by atoms with Crippen LogP contribution in [0.3, 0.4) is 0 Å². The van der Waals surface area contributed by atoms with Crippen LogP contribution in [0, 0.1) is 0 Å². The number of carbonyl (C=O) groups is 1. The zero-order valence-electron chi connectivity index (χ0n) is 11.4. The summed E-state index contributed by atoms with van der Waals surface area (Å²) in [6, 6.07) is 5.33. The van der Waals surface area contributed by atoms with Gasteiger partial charge in [0.15, 0.2) is 0 Å². The Labute approximate surface area is 123 Å². The van der Waals surface area contributed by atoms with Crippen molar-refractivity contribution in [3.8, 4) is 0 Å². The topological polar surface area (TPSA) is 119 Å². The average molecular weight is 314 g/mol. The van der Waals surface area contributed by atoms with E-state index in [0.717, 1.165) is 0 Å². The molecule has 0 atom stereocenters. The van der Waals surface area contributed by atoms with E-state index in [2.05, 4.69) is 4.72 Å². The number of carbonyl (C=O) groups excluding carboxylic acids is 1. The highest BCUT2D eigenvalue weighted by molar-refractivity contribution is 7.89. The summed E-state index contributed by atoms with van der Waals surface area (Å²) in [6.45, 7) is 0.488. The third kappa shape index (κ3) is 3.59. The highest BCUT2D eigenvalue weighted by atomic mass is 32.2. The smallest absolute Gasteiger partial charge is 0.248 e. The van der Waals surface area contributed by atoms with Crippen LogP contribution in [0.15, 0.2) is 29.2 Å². The first-order valence-corrected chi connectivity index (χ1v) is 7.99. The van der Waals surface area contributed by atoms with E-state index in [-0.39, 0.29) is 17.1 Å². The Kier molecular flexibility index (Phi) is 4.62. The maximum atomic E-state index is 12.4. The van der Waals surface area contributed by atoms with Gasteiger partial charge in [-0.15, -0.1) is 0 Å². The first kappa shape index (κ1) is 15.9. The normalized spacial score (nSPS) is 18.3. The summed E-state index contributed by atoms with van der Waals surface area (Å²) < 4.78 is 32.5. The minimum atomic E-state index is -3.79. The van der Waals surface area contributed by atoms with Crippen LogP contribution in [0.4, 0.5) is 0 Å². The Morgan fingerprint density at radius 2 is 1.86 bits per heavy atom. The molecule has 7 nitrogen and oxygen atoms in total. The van der Waals surface area contributed by atoms with Gasteiger partial charge in [0, 0.05) is 18.8 Å². The summed E-state index contributed by atoms with van der Waals surface area (Å²) in [4.78, 5) is 11.0. The van der Waals surface area contributed by atoms with Crippen molar-refractivity contribution in [1.29, 1.82) is 0 Å². The predicted octanol–water partition coefficient (Wildman–Crippen LogP) is -0.395. The summed E-state index contributed by atoms with van der Waals surface area (Å²) in [5, 5.41) is 9.52. The third-order valence-corrected chi connectivity index (χ3v) is 5.15. The third-order valence-electron chi connectivity index (χ3n) is 3.55. The molecule has 0 bridgehead atoms. The number of aliphatic hydroxyl groups is 1. The Morgan fingerprint density at radius 3 is 2.33 bits per heavy atom. The van der Waals surface area contributed by atoms with Crippen LogP contribution in [-0.2, 0) is 14.8 Å². The molecule has 1 aliphatic heterocycles. The van der Waals surface area contributed by atoms with Gasteiger partial charge in [-0.3, -0.25) is 4.79 Å². The van der Waals surface area contributed by atoms with Crippen LogP contribution in [0.25, 0.3) is 0 Å². The van der Waals surface area contributed by atoms with Crippen molar-refractivity contribution in [2.45, 2.75) is 23.3 Å². The summed E-state index contributed by atoms with van der Waals surface area (Å²) in [6.07, 6.45) is 0.810. The molecule has 1 aromatic carbocycles. The van der Waals surface area contributed by atoms with Gasteiger partial charge < -0.3 is 15.6 Å². The van der Waals surface area contributed by atoms with Gasteiger partial charge in [0.05, 0.1) is 17.0 Å². The lowest BCUT2D eigenvalue weighted by molar-refractivity contribution is 0.0223. The van der Waals surface area contributed by atoms with E-state index in [1.54, 1.807) is 0 Å². The molecule has 0 radical (unpaired) electrons. The molecule has 1 saturated heterocycles. The molecule has 1 heterocycles. The number of sulfonamides is 1. The largest absolute Gasteiger partial charge is 0.394 e. The van der Waals surface area contributed by atoms with Gasteiger partial charge in [-0.1, -0.05) is 0 Å². The molecule has 0 spiro atoms. The molecule has 1 amide bonds. The van der Waals surface area contributed by atoms with Crippen LogP contribution in [0.5, 0.6) is 0 Å². The minimum Gasteiger partial charge on any atom is -0.394 e. The van der Waals surface area contributed by atoms with E-state index >= 15 is 0 Å². The molecule has 0 aliphatic carbocycles. The molecule has 116 valence electrons. The molecule has 0 saturated carbocycles. The van der Waals surface area contributed by atoms with Crippen LogP contribution in [0.2, 0.25) is 0 Å². The Bertz CT molecular complexity index is 606. The zero-order chi connectivity index (χ0) is 15.5. The van der Waals surface area contributed by atoms with Crippen molar-refractivity contribution in [3.63, 3.8) is 0 Å². The van der Waals surface area contributed by atoms with Crippen molar-refractivity contribution in [1.82, 2.24) is 4.72 Å². The number of ether oxygens (including phenoxy) is 1. The van der Waals surface area contributed by atoms with Gasteiger partial charge in [0.25, 0.3) is 0 Å². The molecule has 2 rings (SSSR count). The van der Waals surface area contributed by atoms with Crippen LogP contribution >= 0.6 is 0 Å². The number of nitrogens with one attached hydrogen (secondary N) is 1. The van der Waals surface area contributed by atoms with E-state index < -0.39 is 21.5 Å². The van der Waals surface area contributed by atoms with E-state index in [4.69, 9.17) is 10.5 Å². The van der Waals surface area contributed by atoms with Gasteiger partial charge in [-0.25, -0.2) is 13.1 Å². The number of hydrogen-bond acceptors (Lipinski definition) is 5. The van der Waals surface area contributed by atoms with Crippen LogP contribution in [-0.4, -0.2) is 44.8 Å². The first-order chi connectivity index (χ1) is 9.88. The molecule has 1 aromatic rings. The van der Waals surface area contributed by atoms with Crippen molar-refractivity contribution in [3.05, 3.63) is 29.8 Å². The molecule has 4 N–H and O–H groups in total.